The summed E-state index contributed by atoms with van der Waals surface area (Å²) in [5, 5.41) is 0. The predicted molar refractivity (Wildman–Crippen MR) is 146 cm³/mol. The first-order valence-electron chi connectivity index (χ1n) is 12.8. The fourth-order valence-electron chi connectivity index (χ4n) is 4.83. The van der Waals surface area contributed by atoms with E-state index < -0.39 is 0 Å². The number of hydrogen-bond acceptors (Lipinski definition) is 1. The molecule has 0 N–H and O–H groups in total. The van der Waals surface area contributed by atoms with Crippen LogP contribution in [0.5, 0.6) is 0 Å². The van der Waals surface area contributed by atoms with Gasteiger partial charge in [0.05, 0.1) is 0 Å². The Hall–Kier alpha value is -2.80. The second kappa shape index (κ2) is 12.4. The quantitative estimate of drug-likeness (QED) is 0.333. The summed E-state index contributed by atoms with van der Waals surface area (Å²) >= 11 is 0. The van der Waals surface area contributed by atoms with Crippen LogP contribution in [0.4, 0.5) is 11.4 Å². The first-order valence-corrected chi connectivity index (χ1v) is 12.8. The van der Waals surface area contributed by atoms with Crippen molar-refractivity contribution < 1.29 is 0 Å². The molecule has 2 atom stereocenters. The van der Waals surface area contributed by atoms with E-state index in [1.54, 1.807) is 5.57 Å². The maximum absolute atomic E-state index is 2.44. The van der Waals surface area contributed by atoms with Crippen LogP contribution >= 0.6 is 0 Å². The van der Waals surface area contributed by atoms with Crippen molar-refractivity contribution in [2.45, 2.75) is 72.6 Å². The average Bonchev–Trinajstić information content (AvgIpc) is 2.87. The largest absolute Gasteiger partial charge is 0.314 e. The summed E-state index contributed by atoms with van der Waals surface area (Å²) in [5.41, 5.74) is 8.26. The highest BCUT2D eigenvalue weighted by Crippen LogP contribution is 2.38. The topological polar surface area (TPSA) is 3.24 Å². The minimum absolute atomic E-state index is 0.522. The summed E-state index contributed by atoms with van der Waals surface area (Å²) in [6, 6.07) is 20.0. The van der Waals surface area contributed by atoms with Gasteiger partial charge in [0.25, 0.3) is 0 Å². The van der Waals surface area contributed by atoms with Gasteiger partial charge in [-0.3, -0.25) is 0 Å². The van der Waals surface area contributed by atoms with Crippen molar-refractivity contribution in [1.82, 2.24) is 0 Å². The zero-order valence-corrected chi connectivity index (χ0v) is 21.2. The third-order valence-electron chi connectivity index (χ3n) is 6.91. The van der Waals surface area contributed by atoms with Crippen LogP contribution in [0.1, 0.15) is 78.2 Å². The molecule has 0 spiro atoms. The van der Waals surface area contributed by atoms with Crippen LogP contribution in [-0.4, -0.2) is 0 Å². The monoisotopic (exact) mass is 439 g/mol. The third-order valence-corrected chi connectivity index (χ3v) is 6.91. The molecule has 0 aromatic heterocycles. The van der Waals surface area contributed by atoms with Crippen LogP contribution in [-0.2, 0) is 0 Å². The standard InChI is InChI=1S/C32H41N/c1-6-13-26(9-4)32(14-7-2)28-19-23-31(24-20-28)33(29-15-11-10-12-16-29)30-21-17-27(18-22-30)25(5)8-3/h6,9-13,15-19,21-23,25,32H,7-8,14,20,24H2,1-5H3/b13-6-,26-9+. The van der Waals surface area contributed by atoms with Gasteiger partial charge in [0.15, 0.2) is 0 Å². The van der Waals surface area contributed by atoms with Crippen LogP contribution in [0, 0.1) is 5.92 Å². The van der Waals surface area contributed by atoms with Crippen molar-refractivity contribution in [2.24, 2.45) is 5.92 Å². The molecular weight excluding hydrogens is 398 g/mol. The van der Waals surface area contributed by atoms with Crippen LogP contribution in [0.2, 0.25) is 0 Å². The Bertz CT molecular complexity index is 989. The molecule has 2 unspecified atom stereocenters. The SMILES string of the molecule is C/C=C\C(=C/C)C(CCC)C1=CC=C(N(c2ccccc2)c2ccc(C(C)CC)cc2)CC1. The van der Waals surface area contributed by atoms with E-state index in [0.29, 0.717) is 11.8 Å². The van der Waals surface area contributed by atoms with E-state index in [9.17, 15) is 0 Å². The van der Waals surface area contributed by atoms with Crippen molar-refractivity contribution in [1.29, 1.82) is 0 Å². The van der Waals surface area contributed by atoms with Gasteiger partial charge in [0.1, 0.15) is 0 Å². The van der Waals surface area contributed by atoms with Crippen molar-refractivity contribution in [2.75, 3.05) is 4.90 Å². The van der Waals surface area contributed by atoms with E-state index in [4.69, 9.17) is 0 Å². The van der Waals surface area contributed by atoms with Gasteiger partial charge >= 0.3 is 0 Å². The van der Waals surface area contributed by atoms with E-state index >= 15 is 0 Å². The van der Waals surface area contributed by atoms with E-state index in [-0.39, 0.29) is 0 Å². The van der Waals surface area contributed by atoms with Crippen molar-refractivity contribution in [3.8, 4) is 0 Å². The Balaban J connectivity index is 1.97. The first-order chi connectivity index (χ1) is 16.1. The van der Waals surface area contributed by atoms with E-state index in [2.05, 4.69) is 124 Å². The summed E-state index contributed by atoms with van der Waals surface area (Å²) in [7, 11) is 0. The molecule has 0 saturated heterocycles. The molecule has 1 heteroatoms. The highest BCUT2D eigenvalue weighted by atomic mass is 15.1. The maximum atomic E-state index is 2.44. The summed E-state index contributed by atoms with van der Waals surface area (Å²) in [6.45, 7) is 11.1. The molecule has 1 aliphatic carbocycles. The van der Waals surface area contributed by atoms with Crippen LogP contribution in [0.25, 0.3) is 0 Å². The fraction of sp³-hybridized carbons (Fsp3) is 0.375. The molecule has 1 aliphatic rings. The number of allylic oxidation sites excluding steroid dienone is 8. The Morgan fingerprint density at radius 3 is 2.15 bits per heavy atom. The summed E-state index contributed by atoms with van der Waals surface area (Å²) in [6.07, 6.45) is 17.2. The smallest absolute Gasteiger partial charge is 0.0458 e. The molecule has 0 aliphatic heterocycles. The minimum atomic E-state index is 0.522. The molecule has 0 fully saturated rings. The second-order valence-electron chi connectivity index (χ2n) is 9.10. The van der Waals surface area contributed by atoms with Gasteiger partial charge in [-0.15, -0.1) is 0 Å². The Labute approximate surface area is 202 Å². The molecule has 0 saturated carbocycles. The molecule has 174 valence electrons. The molecule has 0 radical (unpaired) electrons. The van der Waals surface area contributed by atoms with Crippen molar-refractivity contribution >= 4 is 11.4 Å². The number of benzene rings is 2. The third kappa shape index (κ3) is 6.16. The van der Waals surface area contributed by atoms with Gasteiger partial charge in [-0.05, 0) is 86.9 Å². The highest BCUT2D eigenvalue weighted by molar-refractivity contribution is 5.69. The van der Waals surface area contributed by atoms with Crippen LogP contribution in [0.15, 0.2) is 102 Å². The summed E-state index contributed by atoms with van der Waals surface area (Å²) in [4.78, 5) is 2.44. The number of nitrogens with zero attached hydrogens (tertiary/aromatic N) is 1. The lowest BCUT2D eigenvalue weighted by Crippen LogP contribution is -2.19. The van der Waals surface area contributed by atoms with Crippen molar-refractivity contribution in [3.63, 3.8) is 0 Å². The minimum Gasteiger partial charge on any atom is -0.314 e. The average molecular weight is 440 g/mol. The van der Waals surface area contributed by atoms with Crippen molar-refractivity contribution in [3.05, 3.63) is 107 Å². The molecule has 2 aromatic rings. The number of hydrogen-bond donors (Lipinski definition) is 0. The zero-order valence-electron chi connectivity index (χ0n) is 21.2. The second-order valence-corrected chi connectivity index (χ2v) is 9.10. The molecule has 1 nitrogen and oxygen atoms in total. The zero-order chi connectivity index (χ0) is 23.6. The van der Waals surface area contributed by atoms with Gasteiger partial charge in [-0.25, -0.2) is 0 Å². The molecule has 33 heavy (non-hydrogen) atoms. The molecule has 2 aromatic carbocycles. The fourth-order valence-corrected chi connectivity index (χ4v) is 4.83. The van der Waals surface area contributed by atoms with Gasteiger partial charge < -0.3 is 4.90 Å². The van der Waals surface area contributed by atoms with Gasteiger partial charge in [0, 0.05) is 23.0 Å². The summed E-state index contributed by atoms with van der Waals surface area (Å²) < 4.78 is 0. The number of para-hydroxylation sites is 1. The maximum Gasteiger partial charge on any atom is 0.0458 e. The van der Waals surface area contributed by atoms with Gasteiger partial charge in [0.2, 0.25) is 0 Å². The number of anilines is 2. The lowest BCUT2D eigenvalue weighted by molar-refractivity contribution is 0.605. The van der Waals surface area contributed by atoms with Crippen LogP contribution in [0.3, 0.4) is 0 Å². The molecular formula is C32H41N. The van der Waals surface area contributed by atoms with E-state index in [0.717, 1.165) is 12.8 Å². The Morgan fingerprint density at radius 1 is 0.909 bits per heavy atom. The Morgan fingerprint density at radius 2 is 1.61 bits per heavy atom. The van der Waals surface area contributed by atoms with E-state index in [1.165, 1.54) is 47.5 Å². The first kappa shape index (κ1) is 24.8. The predicted octanol–water partition coefficient (Wildman–Crippen LogP) is 9.88. The van der Waals surface area contributed by atoms with Gasteiger partial charge in [-0.2, -0.15) is 0 Å². The molecule has 0 bridgehead atoms. The normalized spacial score (nSPS) is 16.3. The summed E-state index contributed by atoms with van der Waals surface area (Å²) in [5.74, 6) is 1.12. The molecule has 0 amide bonds. The van der Waals surface area contributed by atoms with Crippen LogP contribution < -0.4 is 4.90 Å². The van der Waals surface area contributed by atoms with Gasteiger partial charge in [-0.1, -0.05) is 87.4 Å². The van der Waals surface area contributed by atoms with E-state index in [1.807, 2.05) is 0 Å². The number of rotatable bonds is 10. The lowest BCUT2D eigenvalue weighted by atomic mass is 9.82. The Kier molecular flexibility index (Phi) is 9.36. The lowest BCUT2D eigenvalue weighted by Gasteiger charge is -2.32. The molecule has 0 heterocycles. The molecule has 3 rings (SSSR count). The highest BCUT2D eigenvalue weighted by Gasteiger charge is 2.22.